The van der Waals surface area contributed by atoms with Crippen LogP contribution in [0.1, 0.15) is 0 Å². The van der Waals surface area contributed by atoms with Crippen molar-refractivity contribution < 1.29 is 18.7 Å². The van der Waals surface area contributed by atoms with Crippen LogP contribution in [0.3, 0.4) is 0 Å². The van der Waals surface area contributed by atoms with Crippen molar-refractivity contribution in [3.05, 3.63) is 0 Å². The van der Waals surface area contributed by atoms with E-state index in [1.165, 1.54) is 7.11 Å². The van der Waals surface area contributed by atoms with Crippen molar-refractivity contribution in [2.75, 3.05) is 20.3 Å². The van der Waals surface area contributed by atoms with Crippen LogP contribution in [0.5, 0.6) is 0 Å². The molecule has 0 saturated heterocycles. The summed E-state index contributed by atoms with van der Waals surface area (Å²) in [4.78, 5) is 9.63. The van der Waals surface area contributed by atoms with E-state index in [1.54, 1.807) is 0 Å². The van der Waals surface area contributed by atoms with Gasteiger partial charge in [-0.3, -0.25) is 0 Å². The molecule has 0 spiro atoms. The summed E-state index contributed by atoms with van der Waals surface area (Å²) < 4.78 is 18.2. The average Bonchev–Trinajstić information content (AvgIpc) is 1.66. The first-order chi connectivity index (χ1) is 3.77. The van der Waals surface area contributed by atoms with Crippen LogP contribution < -0.4 is 4.89 Å². The minimum Gasteiger partial charge on any atom is -0.566 e. The molecule has 1 atom stereocenters. The zero-order valence-electron chi connectivity index (χ0n) is 4.49. The largest absolute Gasteiger partial charge is 0.566 e. The zero-order valence-corrected chi connectivity index (χ0v) is 5.39. The lowest BCUT2D eigenvalue weighted by Crippen LogP contribution is -1.99. The van der Waals surface area contributed by atoms with Gasteiger partial charge in [-0.25, -0.2) is 0 Å². The molecular formula is C3H7O4P. The van der Waals surface area contributed by atoms with E-state index < -0.39 is 8.25 Å². The predicted octanol–water partition coefficient (Wildman–Crippen LogP) is -0.333. The van der Waals surface area contributed by atoms with Crippen molar-refractivity contribution in [2.24, 2.45) is 0 Å². The second kappa shape index (κ2) is 5.12. The Morgan fingerprint density at radius 3 is 2.62 bits per heavy atom. The summed E-state index contributed by atoms with van der Waals surface area (Å²) in [5, 5.41) is 0. The van der Waals surface area contributed by atoms with E-state index in [2.05, 4.69) is 9.26 Å². The molecule has 0 aromatic rings. The summed E-state index contributed by atoms with van der Waals surface area (Å²) in [5.41, 5.74) is 0. The third-order valence-corrected chi connectivity index (χ3v) is 0.878. The standard InChI is InChI=1S/C3H7O4P/c1-6-2-3-7-8(4)5/h2-3H2,1H3. The maximum Gasteiger partial charge on any atom is 0.488 e. The molecule has 0 saturated carbocycles. The fourth-order valence-corrected chi connectivity index (χ4v) is 0.419. The Hall–Kier alpha value is -0.0200. The maximum atomic E-state index is 9.63. The molecule has 0 amide bonds. The Kier molecular flexibility index (Phi) is 5.11. The molecule has 0 N–H and O–H groups in total. The van der Waals surface area contributed by atoms with Crippen LogP contribution >= 0.6 is 8.25 Å². The van der Waals surface area contributed by atoms with Crippen molar-refractivity contribution in [3.63, 3.8) is 0 Å². The molecule has 0 aliphatic heterocycles. The summed E-state index contributed by atoms with van der Waals surface area (Å²) in [6.07, 6.45) is 0. The Labute approximate surface area is 48.4 Å². The molecule has 0 fully saturated rings. The summed E-state index contributed by atoms with van der Waals surface area (Å²) in [6.45, 7) is 0.415. The second-order valence-corrected chi connectivity index (χ2v) is 1.76. The average molecular weight is 138 g/mol. The molecular weight excluding hydrogens is 131 g/mol. The zero-order chi connectivity index (χ0) is 6.41. The molecule has 0 rings (SSSR count). The number of hydrogen-bond acceptors (Lipinski definition) is 4. The Morgan fingerprint density at radius 1 is 1.62 bits per heavy atom. The third-order valence-electron chi connectivity index (χ3n) is 0.484. The van der Waals surface area contributed by atoms with Crippen LogP contribution in [0.25, 0.3) is 0 Å². The van der Waals surface area contributed by atoms with Gasteiger partial charge in [0.25, 0.3) is 0 Å². The molecule has 0 aromatic heterocycles. The molecule has 0 heterocycles. The van der Waals surface area contributed by atoms with Crippen LogP contribution in [0, 0.1) is 0 Å². The molecule has 0 aromatic carbocycles. The third kappa shape index (κ3) is 5.98. The van der Waals surface area contributed by atoms with Crippen molar-refractivity contribution >= 4 is 8.25 Å². The van der Waals surface area contributed by atoms with E-state index in [4.69, 9.17) is 0 Å². The molecule has 4 nitrogen and oxygen atoms in total. The Morgan fingerprint density at radius 2 is 2.25 bits per heavy atom. The summed E-state index contributed by atoms with van der Waals surface area (Å²) in [5.74, 6) is 0. The van der Waals surface area contributed by atoms with Crippen LogP contribution in [0.15, 0.2) is 0 Å². The summed E-state index contributed by atoms with van der Waals surface area (Å²) >= 11 is 0. The van der Waals surface area contributed by atoms with E-state index >= 15 is 0 Å². The quantitative estimate of drug-likeness (QED) is 0.394. The molecule has 0 aliphatic rings. The molecule has 5 heteroatoms. The monoisotopic (exact) mass is 138 g/mol. The lowest BCUT2D eigenvalue weighted by atomic mass is 10.8. The van der Waals surface area contributed by atoms with Crippen molar-refractivity contribution in [3.8, 4) is 0 Å². The number of methoxy groups -OCH3 is 1. The maximum absolute atomic E-state index is 9.63. The first-order valence-electron chi connectivity index (χ1n) is 2.03. The molecule has 0 aliphatic carbocycles. The fraction of sp³-hybridized carbons (Fsp3) is 1.00. The highest BCUT2D eigenvalue weighted by Gasteiger charge is 1.97. The van der Waals surface area contributed by atoms with E-state index in [1.807, 2.05) is 0 Å². The minimum atomic E-state index is -2.69. The van der Waals surface area contributed by atoms with E-state index in [0.717, 1.165) is 0 Å². The van der Waals surface area contributed by atoms with Gasteiger partial charge in [0.15, 0.2) is 0 Å². The predicted molar refractivity (Wildman–Crippen MR) is 25.4 cm³/mol. The van der Waals surface area contributed by atoms with Crippen LogP contribution in [0.2, 0.25) is 0 Å². The smallest absolute Gasteiger partial charge is 0.488 e. The highest BCUT2D eigenvalue weighted by Crippen LogP contribution is 2.06. The fourth-order valence-electron chi connectivity index (χ4n) is 0.195. The van der Waals surface area contributed by atoms with Gasteiger partial charge < -0.3 is 9.63 Å². The van der Waals surface area contributed by atoms with Gasteiger partial charge in [-0.15, -0.1) is 4.52 Å². The normalized spacial score (nSPS) is 11.5. The van der Waals surface area contributed by atoms with Crippen molar-refractivity contribution in [1.82, 2.24) is 0 Å². The molecule has 0 radical (unpaired) electrons. The van der Waals surface area contributed by atoms with Gasteiger partial charge in [-0.1, -0.05) is 0 Å². The lowest BCUT2D eigenvalue weighted by molar-refractivity contribution is -0.186. The Bertz CT molecular complexity index is 73.7. The topological polar surface area (TPSA) is 58.6 Å². The molecule has 0 bridgehead atoms. The van der Waals surface area contributed by atoms with Gasteiger partial charge in [0.05, 0.1) is 6.61 Å². The van der Waals surface area contributed by atoms with Gasteiger partial charge >= 0.3 is 8.25 Å². The molecule has 8 heavy (non-hydrogen) atoms. The highest BCUT2D eigenvalue weighted by atomic mass is 31.1. The first-order valence-corrected chi connectivity index (χ1v) is 3.13. The SMILES string of the molecule is COCCO[P+](=O)[O-]. The lowest BCUT2D eigenvalue weighted by Gasteiger charge is -1.89. The number of rotatable bonds is 4. The van der Waals surface area contributed by atoms with Gasteiger partial charge in [0.2, 0.25) is 0 Å². The second-order valence-electron chi connectivity index (χ2n) is 1.05. The van der Waals surface area contributed by atoms with E-state index in [0.29, 0.717) is 6.61 Å². The number of hydrogen-bond donors (Lipinski definition) is 0. The van der Waals surface area contributed by atoms with Crippen molar-refractivity contribution in [2.45, 2.75) is 0 Å². The van der Waals surface area contributed by atoms with E-state index in [-0.39, 0.29) is 6.61 Å². The van der Waals surface area contributed by atoms with Gasteiger partial charge in [-0.05, 0) is 4.57 Å². The van der Waals surface area contributed by atoms with E-state index in [9.17, 15) is 9.46 Å². The summed E-state index contributed by atoms with van der Waals surface area (Å²) in [7, 11) is -1.22. The first kappa shape index (κ1) is 7.98. The molecule has 48 valence electrons. The van der Waals surface area contributed by atoms with Crippen LogP contribution in [-0.2, 0) is 13.8 Å². The summed E-state index contributed by atoms with van der Waals surface area (Å²) in [6, 6.07) is 0. The number of ether oxygens (including phenoxy) is 1. The molecule has 1 unspecified atom stereocenters. The van der Waals surface area contributed by atoms with Crippen molar-refractivity contribution in [1.29, 1.82) is 0 Å². The van der Waals surface area contributed by atoms with Gasteiger partial charge in [0.1, 0.15) is 6.61 Å². The van der Waals surface area contributed by atoms with Crippen LogP contribution in [-0.4, -0.2) is 20.3 Å². The highest BCUT2D eigenvalue weighted by molar-refractivity contribution is 7.30. The van der Waals surface area contributed by atoms with Gasteiger partial charge in [0, 0.05) is 7.11 Å². The van der Waals surface area contributed by atoms with Gasteiger partial charge in [-0.2, -0.15) is 0 Å². The Balaban J connectivity index is 2.82. The van der Waals surface area contributed by atoms with Crippen LogP contribution in [0.4, 0.5) is 0 Å². The minimum absolute atomic E-state index is 0.106.